The van der Waals surface area contributed by atoms with E-state index in [-0.39, 0.29) is 53.8 Å². The third-order valence-electron chi connectivity index (χ3n) is 1.63. The SMILES string of the molecule is [3H]c1[c-]n(C)c2n[c-]nc(C)c12.[W].[Y]. The van der Waals surface area contributed by atoms with E-state index < -0.39 is 0 Å². The summed E-state index contributed by atoms with van der Waals surface area (Å²) in [4.78, 5) is 7.83. The number of hydrogen-bond acceptors (Lipinski definition) is 2. The molecule has 0 atom stereocenters. The first-order chi connectivity index (χ1) is 5.70. The molecule has 3 nitrogen and oxygen atoms in total. The van der Waals surface area contributed by atoms with Gasteiger partial charge in [0, 0.05) is 61.5 Å². The maximum Gasteiger partial charge on any atom is 0.0334 e. The third kappa shape index (κ3) is 2.45. The van der Waals surface area contributed by atoms with Gasteiger partial charge in [0.15, 0.2) is 0 Å². The largest absolute Gasteiger partial charge is 0.454 e. The molecule has 2 heterocycles. The summed E-state index contributed by atoms with van der Waals surface area (Å²) in [6, 6.07) is 0.346. The van der Waals surface area contributed by atoms with Crippen LogP contribution in [0.5, 0.6) is 0 Å². The minimum absolute atomic E-state index is 0. The van der Waals surface area contributed by atoms with Gasteiger partial charge in [-0.1, -0.05) is 6.92 Å². The molecule has 0 saturated heterocycles. The van der Waals surface area contributed by atoms with Gasteiger partial charge in [-0.2, -0.15) is 11.4 Å². The van der Waals surface area contributed by atoms with Crippen LogP contribution in [-0.2, 0) is 60.8 Å². The van der Waals surface area contributed by atoms with Crippen molar-refractivity contribution >= 4 is 11.0 Å². The van der Waals surface area contributed by atoms with Crippen LogP contribution in [0.15, 0.2) is 6.04 Å². The van der Waals surface area contributed by atoms with E-state index in [1.165, 1.54) is 0 Å². The number of rotatable bonds is 0. The van der Waals surface area contributed by atoms with Crippen LogP contribution >= 0.6 is 0 Å². The molecule has 2 aromatic rings. The van der Waals surface area contributed by atoms with E-state index in [0.717, 1.165) is 11.1 Å². The molecule has 0 aromatic carbocycles. The predicted molar refractivity (Wildman–Crippen MR) is 40.9 cm³/mol. The first kappa shape index (κ1) is 11.5. The standard InChI is InChI=1S/C8H7N3.W.Y/c1-6-7-3-4-11(2)8(7)10-5-9-6;;/h3H,1-2H3;;/q-2;;/i3T;;. The quantitative estimate of drug-likeness (QED) is 0.593. The van der Waals surface area contributed by atoms with Gasteiger partial charge in [0.1, 0.15) is 0 Å². The second kappa shape index (κ2) is 5.33. The Labute approximate surface area is 118 Å². The van der Waals surface area contributed by atoms with Gasteiger partial charge in [0.05, 0.1) is 0 Å². The van der Waals surface area contributed by atoms with Crippen molar-refractivity contribution in [2.24, 2.45) is 7.05 Å². The monoisotopic (exact) mass is 420 g/mol. The van der Waals surface area contributed by atoms with E-state index in [1.54, 1.807) is 11.6 Å². The van der Waals surface area contributed by atoms with Gasteiger partial charge in [0.2, 0.25) is 0 Å². The number of fused-ring (bicyclic) bond motifs is 1. The minimum atomic E-state index is 0. The summed E-state index contributed by atoms with van der Waals surface area (Å²) >= 11 is 0. The molecule has 0 amide bonds. The van der Waals surface area contributed by atoms with Crippen LogP contribution in [-0.4, -0.2) is 14.5 Å². The molecule has 2 aromatic heterocycles. The fourth-order valence-electron chi connectivity index (χ4n) is 1.00. The van der Waals surface area contributed by atoms with Crippen LogP contribution in [0.3, 0.4) is 0 Å². The van der Waals surface area contributed by atoms with Crippen molar-refractivity contribution in [2.45, 2.75) is 6.92 Å². The van der Waals surface area contributed by atoms with E-state index in [2.05, 4.69) is 22.5 Å². The summed E-state index contributed by atoms with van der Waals surface area (Å²) in [5.74, 6) is 0. The van der Waals surface area contributed by atoms with Crippen molar-refractivity contribution in [3.8, 4) is 0 Å². The van der Waals surface area contributed by atoms with Crippen molar-refractivity contribution < 1.29 is 55.1 Å². The smallest absolute Gasteiger partial charge is 0.0334 e. The number of aromatic nitrogens is 3. The summed E-state index contributed by atoms with van der Waals surface area (Å²) in [6.07, 6.45) is 5.35. The fraction of sp³-hybridized carbons (Fsp3) is 0.250. The van der Waals surface area contributed by atoms with Gasteiger partial charge < -0.3 is 14.5 Å². The molecular weight excluding hydrogens is 411 g/mol. The Morgan fingerprint density at radius 1 is 1.54 bits per heavy atom. The molecular formula is C8H7N3WY-2. The van der Waals surface area contributed by atoms with Crippen LogP contribution in [0, 0.1) is 19.4 Å². The Balaban J connectivity index is 0.000000845. The summed E-state index contributed by atoms with van der Waals surface area (Å²) < 4.78 is 9.24. The van der Waals surface area contributed by atoms with E-state index in [0.29, 0.717) is 11.7 Å². The van der Waals surface area contributed by atoms with Gasteiger partial charge in [-0.05, 0) is 12.7 Å². The fourth-order valence-corrected chi connectivity index (χ4v) is 1.00. The van der Waals surface area contributed by atoms with Gasteiger partial charge in [-0.25, -0.2) is 0 Å². The van der Waals surface area contributed by atoms with Crippen molar-refractivity contribution in [1.29, 1.82) is 0 Å². The van der Waals surface area contributed by atoms with Crippen molar-refractivity contribution in [3.05, 3.63) is 24.3 Å². The van der Waals surface area contributed by atoms with E-state index in [1.807, 2.05) is 6.92 Å². The molecule has 0 bridgehead atoms. The zero-order valence-electron chi connectivity index (χ0n) is 8.33. The van der Waals surface area contributed by atoms with Crippen molar-refractivity contribution in [3.63, 3.8) is 0 Å². The second-order valence-corrected chi connectivity index (χ2v) is 2.40. The molecule has 0 N–H and O–H groups in total. The Morgan fingerprint density at radius 2 is 2.23 bits per heavy atom. The first-order valence-corrected chi connectivity index (χ1v) is 3.29. The average Bonchev–Trinajstić information content (AvgIpc) is 2.29. The second-order valence-electron chi connectivity index (χ2n) is 2.40. The molecule has 0 aliphatic rings. The maximum absolute atomic E-state index is 7.56. The average molecular weight is 420 g/mol. The Bertz CT molecular complexity index is 443. The zero-order valence-corrected chi connectivity index (χ0v) is 13.1. The molecule has 0 saturated carbocycles. The van der Waals surface area contributed by atoms with E-state index >= 15 is 0 Å². The molecule has 1 radical (unpaired) electrons. The van der Waals surface area contributed by atoms with Gasteiger partial charge >= 0.3 is 0 Å². The number of nitrogens with zero attached hydrogens (tertiary/aromatic N) is 3. The van der Waals surface area contributed by atoms with E-state index in [9.17, 15) is 0 Å². The van der Waals surface area contributed by atoms with Gasteiger partial charge in [-0.15, -0.1) is 11.9 Å². The van der Waals surface area contributed by atoms with Crippen LogP contribution in [0.1, 0.15) is 7.06 Å². The molecule has 13 heavy (non-hydrogen) atoms. The predicted octanol–water partition coefficient (Wildman–Crippen LogP) is 0.872. The van der Waals surface area contributed by atoms with E-state index in [4.69, 9.17) is 1.37 Å². The minimum Gasteiger partial charge on any atom is -0.454 e. The van der Waals surface area contributed by atoms with Gasteiger partial charge in [-0.3, -0.25) is 0 Å². The van der Waals surface area contributed by atoms with Gasteiger partial charge in [0.25, 0.3) is 0 Å². The normalized spacial score (nSPS) is 10.2. The molecule has 65 valence electrons. The van der Waals surface area contributed by atoms with Crippen LogP contribution in [0.2, 0.25) is 0 Å². The first-order valence-electron chi connectivity index (χ1n) is 3.79. The summed E-state index contributed by atoms with van der Waals surface area (Å²) in [6.45, 7) is 1.84. The molecule has 0 aliphatic heterocycles. The Hall–Kier alpha value is 0.412. The molecule has 2 rings (SSSR count). The Morgan fingerprint density at radius 3 is 2.85 bits per heavy atom. The van der Waals surface area contributed by atoms with Crippen LogP contribution in [0.4, 0.5) is 0 Å². The van der Waals surface area contributed by atoms with Crippen molar-refractivity contribution in [1.82, 2.24) is 14.5 Å². The maximum atomic E-state index is 7.56. The van der Waals surface area contributed by atoms with Crippen LogP contribution < -0.4 is 0 Å². The Kier molecular flexibility index (Phi) is 4.71. The molecule has 0 fully saturated rings. The molecule has 0 spiro atoms. The van der Waals surface area contributed by atoms with Crippen molar-refractivity contribution in [2.75, 3.05) is 0 Å². The third-order valence-corrected chi connectivity index (χ3v) is 1.63. The summed E-state index contributed by atoms with van der Waals surface area (Å²) in [5, 5.41) is 0.760. The molecule has 5 heteroatoms. The number of aryl methyl sites for hydroxylation is 2. The zero-order chi connectivity index (χ0) is 8.72. The van der Waals surface area contributed by atoms with Crippen LogP contribution in [0.25, 0.3) is 11.0 Å². The number of hydrogen-bond donors (Lipinski definition) is 0. The topological polar surface area (TPSA) is 30.7 Å². The molecule has 0 aliphatic carbocycles. The summed E-state index contributed by atoms with van der Waals surface area (Å²) in [5.41, 5.74) is 1.49. The molecule has 0 unspecified atom stereocenters. The summed E-state index contributed by atoms with van der Waals surface area (Å²) in [7, 11) is 1.81.